The Balaban J connectivity index is 1.48. The molecule has 9 heteroatoms. The van der Waals surface area contributed by atoms with Crippen LogP contribution in [-0.4, -0.2) is 48.5 Å². The Hall–Kier alpha value is -3.75. The number of hydrogen-bond donors (Lipinski definition) is 1. The summed E-state index contributed by atoms with van der Waals surface area (Å²) < 4.78 is 5.11. The lowest BCUT2D eigenvalue weighted by atomic mass is 10.1. The van der Waals surface area contributed by atoms with E-state index in [1.807, 2.05) is 32.0 Å². The van der Waals surface area contributed by atoms with E-state index in [9.17, 15) is 14.4 Å². The Kier molecular flexibility index (Phi) is 4.94. The number of hydrogen-bond acceptors (Lipinski definition) is 7. The molecule has 154 valence electrons. The maximum absolute atomic E-state index is 13.0. The predicted molar refractivity (Wildman–Crippen MR) is 109 cm³/mol. The van der Waals surface area contributed by atoms with Gasteiger partial charge in [0.05, 0.1) is 12.8 Å². The van der Waals surface area contributed by atoms with Gasteiger partial charge in [0, 0.05) is 5.69 Å². The first-order valence-corrected chi connectivity index (χ1v) is 9.45. The molecule has 0 unspecified atom stereocenters. The standard InChI is InChI=1S/C21H21N5O4/c1-12-8-13(2)10-14(9-12)22-17(27)11-25-19-18(23-24-25)20(28)26(21(19)29)15-4-6-16(30-3)7-5-15/h4-10,18-19H,11H2,1-3H3,(H,22,27)/t18-,19-/m0/s1. The topological polar surface area (TPSA) is 104 Å². The van der Waals surface area contributed by atoms with E-state index >= 15 is 0 Å². The molecule has 9 nitrogen and oxygen atoms in total. The van der Waals surface area contributed by atoms with Crippen molar-refractivity contribution in [1.82, 2.24) is 5.01 Å². The van der Waals surface area contributed by atoms with Crippen LogP contribution in [0.2, 0.25) is 0 Å². The lowest BCUT2D eigenvalue weighted by molar-refractivity contribution is -0.123. The normalized spacial score (nSPS) is 20.0. The number of fused-ring (bicyclic) bond motifs is 1. The van der Waals surface area contributed by atoms with Gasteiger partial charge in [-0.2, -0.15) is 5.11 Å². The Bertz CT molecular complexity index is 1030. The molecule has 0 aromatic heterocycles. The Morgan fingerprint density at radius 3 is 2.37 bits per heavy atom. The van der Waals surface area contributed by atoms with Crippen LogP contribution in [0, 0.1) is 13.8 Å². The molecule has 2 heterocycles. The van der Waals surface area contributed by atoms with Crippen molar-refractivity contribution >= 4 is 29.1 Å². The third-order valence-electron chi connectivity index (χ3n) is 5.00. The number of carbonyl (C=O) groups is 3. The lowest BCUT2D eigenvalue weighted by Crippen LogP contribution is -2.43. The molecular weight excluding hydrogens is 386 g/mol. The maximum Gasteiger partial charge on any atom is 0.263 e. The summed E-state index contributed by atoms with van der Waals surface area (Å²) in [7, 11) is 1.53. The highest BCUT2D eigenvalue weighted by atomic mass is 16.5. The van der Waals surface area contributed by atoms with Crippen LogP contribution in [0.4, 0.5) is 11.4 Å². The van der Waals surface area contributed by atoms with Crippen molar-refractivity contribution in [1.29, 1.82) is 0 Å². The second-order valence-electron chi connectivity index (χ2n) is 7.33. The molecule has 0 aliphatic carbocycles. The summed E-state index contributed by atoms with van der Waals surface area (Å²) in [5, 5.41) is 11.9. The highest BCUT2D eigenvalue weighted by molar-refractivity contribution is 6.25. The number of carbonyl (C=O) groups excluding carboxylic acids is 3. The largest absolute Gasteiger partial charge is 0.497 e. The number of ether oxygens (including phenoxy) is 1. The molecule has 1 saturated heterocycles. The highest BCUT2D eigenvalue weighted by Gasteiger charge is 2.55. The minimum absolute atomic E-state index is 0.187. The van der Waals surface area contributed by atoms with Crippen molar-refractivity contribution in [2.45, 2.75) is 25.9 Å². The van der Waals surface area contributed by atoms with Crippen LogP contribution in [0.3, 0.4) is 0 Å². The smallest absolute Gasteiger partial charge is 0.263 e. The zero-order valence-corrected chi connectivity index (χ0v) is 16.8. The second kappa shape index (κ2) is 7.58. The molecule has 2 atom stereocenters. The van der Waals surface area contributed by atoms with Gasteiger partial charge in [-0.1, -0.05) is 11.3 Å². The molecule has 1 fully saturated rings. The lowest BCUT2D eigenvalue weighted by Gasteiger charge is -2.20. The van der Waals surface area contributed by atoms with Crippen LogP contribution in [0.25, 0.3) is 0 Å². The Morgan fingerprint density at radius 2 is 1.73 bits per heavy atom. The van der Waals surface area contributed by atoms with Gasteiger partial charge in [-0.15, -0.1) is 0 Å². The average Bonchev–Trinajstić information content (AvgIpc) is 3.21. The van der Waals surface area contributed by atoms with Gasteiger partial charge in [-0.3, -0.25) is 19.4 Å². The quantitative estimate of drug-likeness (QED) is 0.766. The van der Waals surface area contributed by atoms with E-state index in [0.717, 1.165) is 16.0 Å². The minimum atomic E-state index is -0.950. The predicted octanol–water partition coefficient (Wildman–Crippen LogP) is 2.24. The van der Waals surface area contributed by atoms with Gasteiger partial charge in [-0.25, -0.2) is 4.90 Å². The van der Waals surface area contributed by atoms with Crippen molar-refractivity contribution in [3.05, 3.63) is 53.6 Å². The molecule has 2 aliphatic heterocycles. The van der Waals surface area contributed by atoms with E-state index in [4.69, 9.17) is 4.74 Å². The second-order valence-corrected chi connectivity index (χ2v) is 7.33. The number of nitrogens with zero attached hydrogens (tertiary/aromatic N) is 4. The molecule has 2 aromatic carbocycles. The summed E-state index contributed by atoms with van der Waals surface area (Å²) in [5.74, 6) is -0.652. The minimum Gasteiger partial charge on any atom is -0.497 e. The highest BCUT2D eigenvalue weighted by Crippen LogP contribution is 2.32. The van der Waals surface area contributed by atoms with E-state index in [2.05, 4.69) is 15.7 Å². The molecular formula is C21H21N5O4. The summed E-state index contributed by atoms with van der Waals surface area (Å²) in [6.45, 7) is 3.70. The number of rotatable bonds is 5. The van der Waals surface area contributed by atoms with E-state index in [-0.39, 0.29) is 12.5 Å². The number of anilines is 2. The molecule has 0 bridgehead atoms. The molecule has 4 rings (SSSR count). The fourth-order valence-corrected chi connectivity index (χ4v) is 3.73. The maximum atomic E-state index is 13.0. The van der Waals surface area contributed by atoms with E-state index < -0.39 is 23.9 Å². The van der Waals surface area contributed by atoms with Crippen LogP contribution < -0.4 is 15.0 Å². The molecule has 30 heavy (non-hydrogen) atoms. The van der Waals surface area contributed by atoms with Gasteiger partial charge in [0.2, 0.25) is 5.91 Å². The fourth-order valence-electron chi connectivity index (χ4n) is 3.73. The number of benzene rings is 2. The van der Waals surface area contributed by atoms with Crippen molar-refractivity contribution in [3.8, 4) is 5.75 Å². The van der Waals surface area contributed by atoms with Crippen LogP contribution in [0.15, 0.2) is 52.8 Å². The number of methoxy groups -OCH3 is 1. The Labute approximate surface area is 173 Å². The van der Waals surface area contributed by atoms with E-state index in [1.165, 1.54) is 12.1 Å². The summed E-state index contributed by atoms with van der Waals surface area (Å²) in [5.41, 5.74) is 3.14. The van der Waals surface area contributed by atoms with Crippen molar-refractivity contribution in [2.75, 3.05) is 23.9 Å². The fraction of sp³-hybridized carbons (Fsp3) is 0.286. The van der Waals surface area contributed by atoms with Gasteiger partial charge in [0.25, 0.3) is 11.8 Å². The molecule has 0 spiro atoms. The third kappa shape index (κ3) is 3.49. The summed E-state index contributed by atoms with van der Waals surface area (Å²) in [6.07, 6.45) is 0. The SMILES string of the molecule is COc1ccc(N2C(=O)[C@H]3N=NN(CC(=O)Nc4cc(C)cc(C)c4)[C@@H]3C2=O)cc1. The Morgan fingerprint density at radius 1 is 1.07 bits per heavy atom. The molecule has 1 N–H and O–H groups in total. The summed E-state index contributed by atoms with van der Waals surface area (Å²) in [4.78, 5) is 39.3. The average molecular weight is 407 g/mol. The number of amides is 3. The molecule has 2 aromatic rings. The molecule has 3 amide bonds. The van der Waals surface area contributed by atoms with Crippen molar-refractivity contribution in [2.24, 2.45) is 10.3 Å². The first-order chi connectivity index (χ1) is 14.4. The van der Waals surface area contributed by atoms with Gasteiger partial charge in [-0.05, 0) is 61.4 Å². The van der Waals surface area contributed by atoms with Crippen LogP contribution in [0.5, 0.6) is 5.75 Å². The van der Waals surface area contributed by atoms with Gasteiger partial charge < -0.3 is 10.1 Å². The first kappa shape index (κ1) is 19.6. The summed E-state index contributed by atoms with van der Waals surface area (Å²) in [6, 6.07) is 10.4. The van der Waals surface area contributed by atoms with Crippen molar-refractivity contribution < 1.29 is 19.1 Å². The zero-order valence-electron chi connectivity index (χ0n) is 16.8. The van der Waals surface area contributed by atoms with Crippen LogP contribution in [-0.2, 0) is 14.4 Å². The third-order valence-corrected chi connectivity index (χ3v) is 5.00. The monoisotopic (exact) mass is 407 g/mol. The number of imide groups is 1. The van der Waals surface area contributed by atoms with E-state index in [1.54, 1.807) is 24.3 Å². The van der Waals surface area contributed by atoms with Crippen LogP contribution >= 0.6 is 0 Å². The van der Waals surface area contributed by atoms with Gasteiger partial charge >= 0.3 is 0 Å². The van der Waals surface area contributed by atoms with E-state index in [0.29, 0.717) is 17.1 Å². The first-order valence-electron chi connectivity index (χ1n) is 9.45. The van der Waals surface area contributed by atoms with Gasteiger partial charge in [0.15, 0.2) is 12.1 Å². The van der Waals surface area contributed by atoms with Crippen LogP contribution in [0.1, 0.15) is 11.1 Å². The van der Waals surface area contributed by atoms with Crippen molar-refractivity contribution in [3.63, 3.8) is 0 Å². The zero-order chi connectivity index (χ0) is 21.4. The summed E-state index contributed by atoms with van der Waals surface area (Å²) >= 11 is 0. The molecule has 0 saturated carbocycles. The van der Waals surface area contributed by atoms with Gasteiger partial charge in [0.1, 0.15) is 12.3 Å². The molecule has 2 aliphatic rings. The number of aryl methyl sites for hydroxylation is 2. The molecule has 0 radical (unpaired) electrons. The number of nitrogens with one attached hydrogen (secondary N) is 1.